The van der Waals surface area contributed by atoms with E-state index in [1.165, 1.54) is 43.4 Å². The monoisotopic (exact) mass is 829 g/mol. The van der Waals surface area contributed by atoms with E-state index in [1.54, 1.807) is 42.7 Å². The Labute approximate surface area is 349 Å². The van der Waals surface area contributed by atoms with Gasteiger partial charge < -0.3 is 24.0 Å². The minimum absolute atomic E-state index is 0.0386. The summed E-state index contributed by atoms with van der Waals surface area (Å²) in [4.78, 5) is 31.3. The van der Waals surface area contributed by atoms with Gasteiger partial charge in [-0.1, -0.05) is 30.3 Å². The molecule has 9 rings (SSSR count). The van der Waals surface area contributed by atoms with Gasteiger partial charge in [-0.3, -0.25) is 4.21 Å². The van der Waals surface area contributed by atoms with Crippen molar-refractivity contribution in [1.29, 1.82) is 0 Å². The van der Waals surface area contributed by atoms with Gasteiger partial charge in [0.2, 0.25) is 11.1 Å². The molecule has 1 N–H and O–H groups in total. The van der Waals surface area contributed by atoms with Crippen LogP contribution in [0.2, 0.25) is 0 Å². The quantitative estimate of drug-likeness (QED) is 0.131. The number of halogens is 2. The zero-order valence-electron chi connectivity index (χ0n) is 33.4. The fraction of sp³-hybridized carbons (Fsp3) is 0.289. The first-order chi connectivity index (χ1) is 29.3. The maximum atomic E-state index is 13.6. The highest BCUT2D eigenvalue weighted by Gasteiger charge is 2.25. The average molecular weight is 830 g/mol. The van der Waals surface area contributed by atoms with Crippen molar-refractivity contribution in [2.75, 3.05) is 47.6 Å². The number of hydrogen-bond acceptors (Lipinski definition) is 12. The summed E-state index contributed by atoms with van der Waals surface area (Å²) < 4.78 is 51.0. The van der Waals surface area contributed by atoms with Gasteiger partial charge in [0.25, 0.3) is 12.0 Å². The summed E-state index contributed by atoms with van der Waals surface area (Å²) in [5, 5.41) is 3.59. The summed E-state index contributed by atoms with van der Waals surface area (Å²) in [5.41, 5.74) is 5.03. The molecule has 2 saturated heterocycles. The van der Waals surface area contributed by atoms with Gasteiger partial charge >= 0.3 is 0 Å². The van der Waals surface area contributed by atoms with Crippen molar-refractivity contribution < 1.29 is 21.8 Å². The Kier molecular flexibility index (Phi) is 12.6. The molecule has 6 heterocycles. The molecule has 0 radical (unpaired) electrons. The van der Waals surface area contributed by atoms with Crippen LogP contribution in [0.15, 0.2) is 117 Å². The molecule has 0 bridgehead atoms. The Balaban J connectivity index is 0.000000170. The highest BCUT2D eigenvalue weighted by molar-refractivity contribution is 7.84. The van der Waals surface area contributed by atoms with Crippen molar-refractivity contribution in [1.82, 2.24) is 29.9 Å². The van der Waals surface area contributed by atoms with Crippen LogP contribution in [0.5, 0.6) is 0 Å². The molecule has 4 aromatic heterocycles. The molecule has 15 heteroatoms. The topological polar surface area (TPSA) is 139 Å². The first-order valence-electron chi connectivity index (χ1n) is 20.1. The van der Waals surface area contributed by atoms with Crippen molar-refractivity contribution >= 4 is 28.8 Å². The Bertz CT molecular complexity index is 2520. The van der Waals surface area contributed by atoms with Crippen LogP contribution in [0.25, 0.3) is 45.4 Å². The summed E-state index contributed by atoms with van der Waals surface area (Å²) in [6, 6.07) is 27.2. The lowest BCUT2D eigenvalue weighted by atomic mass is 10.1. The van der Waals surface area contributed by atoms with Crippen molar-refractivity contribution in [2.24, 2.45) is 0 Å². The standard InChI is InChI=1S/C26H26FN5O.C19H19FN4O2S/c1-18(19-8-4-2-5-9-19)29-25-28-15-14-22(30-25)24-23(20-10-12-21(27)13-11-20)31-26(33-24)32-16-6-3-7-17-32;1-27(25)18-21-10-9-15(22-18)17-16(13-5-7-14(20)8-6-13)23-19(26-17)24-11-3-2-4-12-24/h2,4-5,8-15,18H,3,6-7,16-17H2,1H3,(H,28,29,30);5-10H,2-4,11-12H2,1H3/t18-;/m0./s1. The first kappa shape index (κ1) is 40.4. The minimum atomic E-state index is -1.31. The van der Waals surface area contributed by atoms with Crippen LogP contribution in [-0.4, -0.2) is 66.5 Å². The third-order valence-electron chi connectivity index (χ3n) is 10.4. The van der Waals surface area contributed by atoms with Crippen molar-refractivity contribution in [3.8, 4) is 45.4 Å². The molecule has 3 aromatic carbocycles. The second-order valence-electron chi connectivity index (χ2n) is 14.7. The molecule has 7 aromatic rings. The van der Waals surface area contributed by atoms with E-state index in [2.05, 4.69) is 54.1 Å². The molecule has 0 aliphatic carbocycles. The number of rotatable bonds is 10. The summed E-state index contributed by atoms with van der Waals surface area (Å²) in [5.74, 6) is 0.926. The molecule has 0 amide bonds. The first-order valence-corrected chi connectivity index (χ1v) is 21.7. The molecule has 60 heavy (non-hydrogen) atoms. The number of nitrogens with zero attached hydrogens (tertiary/aromatic N) is 8. The number of anilines is 3. The van der Waals surface area contributed by atoms with Gasteiger partial charge in [-0.2, -0.15) is 9.97 Å². The lowest BCUT2D eigenvalue weighted by molar-refractivity contribution is 0.497. The smallest absolute Gasteiger partial charge is 0.298 e. The zero-order valence-corrected chi connectivity index (χ0v) is 34.2. The van der Waals surface area contributed by atoms with Crippen LogP contribution in [0.3, 0.4) is 0 Å². The van der Waals surface area contributed by atoms with E-state index in [1.807, 2.05) is 24.3 Å². The third kappa shape index (κ3) is 9.57. The number of benzene rings is 3. The molecule has 1 unspecified atom stereocenters. The van der Waals surface area contributed by atoms with Crippen LogP contribution < -0.4 is 15.1 Å². The third-order valence-corrected chi connectivity index (χ3v) is 11.1. The second kappa shape index (κ2) is 18.7. The van der Waals surface area contributed by atoms with E-state index in [0.717, 1.165) is 68.6 Å². The predicted octanol–water partition coefficient (Wildman–Crippen LogP) is 9.77. The molecule has 2 aliphatic heterocycles. The van der Waals surface area contributed by atoms with Crippen molar-refractivity contribution in [2.45, 2.75) is 56.6 Å². The number of aromatic nitrogens is 6. The summed E-state index contributed by atoms with van der Waals surface area (Å²) in [6.07, 6.45) is 11.6. The van der Waals surface area contributed by atoms with E-state index in [4.69, 9.17) is 18.8 Å². The van der Waals surface area contributed by atoms with Gasteiger partial charge in [-0.15, -0.1) is 0 Å². The van der Waals surface area contributed by atoms with E-state index >= 15 is 0 Å². The fourth-order valence-electron chi connectivity index (χ4n) is 7.19. The Morgan fingerprint density at radius 2 is 1.10 bits per heavy atom. The number of nitrogens with one attached hydrogen (secondary N) is 1. The molecule has 0 spiro atoms. The van der Waals surface area contributed by atoms with Gasteiger partial charge in [0, 0.05) is 56.0 Å². The predicted molar refractivity (Wildman–Crippen MR) is 229 cm³/mol. The second-order valence-corrected chi connectivity index (χ2v) is 16.0. The number of hydrogen-bond donors (Lipinski definition) is 1. The summed E-state index contributed by atoms with van der Waals surface area (Å²) in [7, 11) is -1.31. The number of piperidine rings is 2. The van der Waals surface area contributed by atoms with Crippen molar-refractivity contribution in [3.05, 3.63) is 121 Å². The van der Waals surface area contributed by atoms with Crippen molar-refractivity contribution in [3.63, 3.8) is 0 Å². The highest BCUT2D eigenvalue weighted by atomic mass is 32.2. The Morgan fingerprint density at radius 3 is 1.60 bits per heavy atom. The lowest BCUT2D eigenvalue weighted by Crippen LogP contribution is -2.29. The summed E-state index contributed by atoms with van der Waals surface area (Å²) >= 11 is 0. The zero-order chi connectivity index (χ0) is 41.4. The average Bonchev–Trinajstić information content (AvgIpc) is 3.95. The molecule has 2 fully saturated rings. The molecule has 2 aliphatic rings. The van der Waals surface area contributed by atoms with E-state index in [0.29, 0.717) is 52.3 Å². The van der Waals surface area contributed by atoms with Gasteiger partial charge in [0.1, 0.15) is 34.4 Å². The van der Waals surface area contributed by atoms with Gasteiger partial charge in [0.15, 0.2) is 11.5 Å². The molecule has 2 atom stereocenters. The molecule has 12 nitrogen and oxygen atoms in total. The van der Waals surface area contributed by atoms with E-state index in [9.17, 15) is 13.0 Å². The fourth-order valence-corrected chi connectivity index (χ4v) is 7.63. The maximum Gasteiger partial charge on any atom is 0.298 e. The van der Waals surface area contributed by atoms with E-state index in [-0.39, 0.29) is 22.8 Å². The van der Waals surface area contributed by atoms with Gasteiger partial charge in [0.05, 0.1) is 16.8 Å². The van der Waals surface area contributed by atoms with Crippen LogP contribution in [0, 0.1) is 11.6 Å². The maximum absolute atomic E-state index is 13.6. The molecular weight excluding hydrogens is 785 g/mol. The molecule has 308 valence electrons. The minimum Gasteiger partial charge on any atom is -0.421 e. The Morgan fingerprint density at radius 1 is 0.617 bits per heavy atom. The van der Waals surface area contributed by atoms with Gasteiger partial charge in [-0.05, 0) is 112 Å². The normalized spacial score (nSPS) is 15.2. The van der Waals surface area contributed by atoms with Crippen LogP contribution >= 0.6 is 0 Å². The van der Waals surface area contributed by atoms with Gasteiger partial charge in [-0.25, -0.2) is 28.7 Å². The molecule has 0 saturated carbocycles. The largest absolute Gasteiger partial charge is 0.421 e. The Hall–Kier alpha value is -6.35. The SMILES string of the molecule is CS(=O)c1nccc(-c2oc(N3CCCCC3)nc2-c2ccc(F)cc2)n1.C[C@H](Nc1nccc(-c2oc(N3CCCCC3)nc2-c2ccc(F)cc2)n1)c1ccccc1. The lowest BCUT2D eigenvalue weighted by Gasteiger charge is -2.24. The van der Waals surface area contributed by atoms with Crippen LogP contribution in [-0.2, 0) is 10.8 Å². The van der Waals surface area contributed by atoms with E-state index < -0.39 is 10.8 Å². The summed E-state index contributed by atoms with van der Waals surface area (Å²) in [6.45, 7) is 5.66. The highest BCUT2D eigenvalue weighted by Crippen LogP contribution is 2.37. The molecular formula is C45H45F2N9O3S. The van der Waals surface area contributed by atoms with Crippen LogP contribution in [0.1, 0.15) is 57.1 Å². The number of oxazole rings is 2. The van der Waals surface area contributed by atoms with Crippen LogP contribution in [0.4, 0.5) is 26.8 Å².